The van der Waals surface area contributed by atoms with Gasteiger partial charge in [0.1, 0.15) is 0 Å². The van der Waals surface area contributed by atoms with Crippen molar-refractivity contribution in [2.24, 2.45) is 0 Å². The molecule has 0 spiro atoms. The Hall–Kier alpha value is -4.42. The number of nitrogens with zero attached hydrogens (tertiary/aromatic N) is 4. The molecule has 188 valence electrons. The molecule has 1 aliphatic rings. The maximum Gasteiger partial charge on any atom is 0.300 e. The molecule has 9 heteroatoms. The van der Waals surface area contributed by atoms with Gasteiger partial charge in [-0.15, -0.1) is 0 Å². The lowest BCUT2D eigenvalue weighted by molar-refractivity contribution is -0.111. The largest absolute Gasteiger partial charge is 0.393 e. The highest BCUT2D eigenvalue weighted by atomic mass is 16.3. The van der Waals surface area contributed by atoms with Crippen LogP contribution in [0.15, 0.2) is 60.9 Å². The Morgan fingerprint density at radius 3 is 2.62 bits per heavy atom. The Morgan fingerprint density at radius 2 is 1.84 bits per heavy atom. The molecular formula is C28H29N7O2. The number of hydrogen-bond donors (Lipinski definition) is 4. The van der Waals surface area contributed by atoms with Crippen LogP contribution in [0.1, 0.15) is 38.2 Å². The summed E-state index contributed by atoms with van der Waals surface area (Å²) in [5.74, 6) is 6.18. The van der Waals surface area contributed by atoms with Gasteiger partial charge in [0.05, 0.1) is 12.4 Å². The molecule has 0 bridgehead atoms. The lowest BCUT2D eigenvalue weighted by atomic mass is 9.93. The van der Waals surface area contributed by atoms with E-state index in [1.165, 1.54) is 0 Å². The molecule has 1 aliphatic carbocycles. The van der Waals surface area contributed by atoms with Crippen LogP contribution in [-0.2, 0) is 11.3 Å². The second-order valence-corrected chi connectivity index (χ2v) is 9.02. The number of fused-ring (bicyclic) bond motifs is 1. The number of aromatic nitrogens is 4. The van der Waals surface area contributed by atoms with Crippen LogP contribution in [-0.4, -0.2) is 42.7 Å². The number of anilines is 4. The van der Waals surface area contributed by atoms with Crippen LogP contribution in [0.2, 0.25) is 0 Å². The van der Waals surface area contributed by atoms with Crippen LogP contribution >= 0.6 is 0 Å². The van der Waals surface area contributed by atoms with Gasteiger partial charge < -0.3 is 25.6 Å². The van der Waals surface area contributed by atoms with Crippen LogP contribution in [0.3, 0.4) is 0 Å². The second-order valence-electron chi connectivity index (χ2n) is 9.02. The predicted octanol–water partition coefficient (Wildman–Crippen LogP) is 4.30. The van der Waals surface area contributed by atoms with Crippen LogP contribution in [0.4, 0.5) is 23.1 Å². The second kappa shape index (κ2) is 11.1. The van der Waals surface area contributed by atoms with Gasteiger partial charge in [-0.05, 0) is 62.9 Å². The first-order valence-corrected chi connectivity index (χ1v) is 12.5. The number of rotatable bonds is 6. The zero-order chi connectivity index (χ0) is 25.6. The Kier molecular flexibility index (Phi) is 7.28. The van der Waals surface area contributed by atoms with E-state index < -0.39 is 5.91 Å². The number of carbonyl (C=O) groups excluding carboxylic acids is 1. The third kappa shape index (κ3) is 6.05. The fraction of sp³-hybridized carbons (Fsp3) is 0.286. The van der Waals surface area contributed by atoms with E-state index in [1.54, 1.807) is 12.4 Å². The third-order valence-electron chi connectivity index (χ3n) is 6.31. The lowest BCUT2D eigenvalue weighted by Crippen LogP contribution is -2.29. The van der Waals surface area contributed by atoms with Crippen molar-refractivity contribution < 1.29 is 9.90 Å². The maximum absolute atomic E-state index is 12.4. The Bertz CT molecular complexity index is 1450. The molecule has 0 radical (unpaired) electrons. The highest BCUT2D eigenvalue weighted by Crippen LogP contribution is 2.27. The zero-order valence-electron chi connectivity index (χ0n) is 20.6. The van der Waals surface area contributed by atoms with Crippen molar-refractivity contribution in [1.29, 1.82) is 0 Å². The summed E-state index contributed by atoms with van der Waals surface area (Å²) in [7, 11) is 0. The van der Waals surface area contributed by atoms with Crippen molar-refractivity contribution in [1.82, 2.24) is 19.5 Å². The van der Waals surface area contributed by atoms with E-state index in [4.69, 9.17) is 9.97 Å². The molecule has 5 rings (SSSR count). The van der Waals surface area contributed by atoms with Crippen molar-refractivity contribution in [3.05, 3.63) is 66.5 Å². The minimum absolute atomic E-state index is 0.210. The van der Waals surface area contributed by atoms with Gasteiger partial charge in [0.15, 0.2) is 17.0 Å². The SMILES string of the molecule is CCn1cnc2c(Nc3cccc(NC(=O)C#Cc4ccccc4)c3)nc(N[C@H]3CC[C@H](O)CC3)nc21. The molecule has 2 aromatic carbocycles. The number of benzene rings is 2. The van der Waals surface area contributed by atoms with E-state index >= 15 is 0 Å². The summed E-state index contributed by atoms with van der Waals surface area (Å²) in [5, 5.41) is 19.4. The van der Waals surface area contributed by atoms with E-state index in [0.717, 1.165) is 49.1 Å². The van der Waals surface area contributed by atoms with Crippen molar-refractivity contribution in [3.63, 3.8) is 0 Å². The number of hydrogen-bond acceptors (Lipinski definition) is 7. The normalized spacial score (nSPS) is 17.0. The number of aliphatic hydroxyl groups excluding tert-OH is 1. The van der Waals surface area contributed by atoms with Crippen LogP contribution in [0, 0.1) is 11.8 Å². The number of nitrogens with one attached hydrogen (secondary N) is 3. The first kappa shape index (κ1) is 24.3. The molecule has 1 fully saturated rings. The van der Waals surface area contributed by atoms with E-state index in [-0.39, 0.29) is 12.1 Å². The van der Waals surface area contributed by atoms with Gasteiger partial charge in [0.25, 0.3) is 0 Å². The van der Waals surface area contributed by atoms with Crippen molar-refractivity contribution in [2.45, 2.75) is 51.3 Å². The first-order valence-electron chi connectivity index (χ1n) is 12.5. The van der Waals surface area contributed by atoms with Crippen LogP contribution in [0.5, 0.6) is 0 Å². The van der Waals surface area contributed by atoms with Gasteiger partial charge in [-0.1, -0.05) is 30.2 Å². The number of amides is 1. The van der Waals surface area contributed by atoms with Crippen molar-refractivity contribution in [2.75, 3.05) is 16.0 Å². The lowest BCUT2D eigenvalue weighted by Gasteiger charge is -2.26. The van der Waals surface area contributed by atoms with Gasteiger partial charge in [-0.3, -0.25) is 4.79 Å². The highest BCUT2D eigenvalue weighted by molar-refractivity contribution is 6.04. The number of carbonyl (C=O) groups is 1. The Labute approximate surface area is 215 Å². The standard InChI is InChI=1S/C28H29N7O2/c1-2-35-18-29-25-26(33-28(34-27(25)35)32-20-12-14-23(36)15-13-20)31-22-10-6-9-21(17-22)30-24(37)16-11-19-7-4-3-5-8-19/h3-10,17-18,20,23,36H,2,12-15H2,1H3,(H,30,37)(H2,31,32,33,34)/t20-,23-. The van der Waals surface area contributed by atoms with E-state index in [2.05, 4.69) is 32.8 Å². The summed E-state index contributed by atoms with van der Waals surface area (Å²) >= 11 is 0. The van der Waals surface area contributed by atoms with Gasteiger partial charge in [0, 0.05) is 35.4 Å². The fourth-order valence-corrected chi connectivity index (χ4v) is 4.35. The third-order valence-corrected chi connectivity index (χ3v) is 6.31. The maximum atomic E-state index is 12.4. The van der Waals surface area contributed by atoms with Crippen LogP contribution in [0.25, 0.3) is 11.2 Å². The van der Waals surface area contributed by atoms with Gasteiger partial charge in [-0.25, -0.2) is 4.98 Å². The van der Waals surface area contributed by atoms with Crippen molar-refractivity contribution >= 4 is 40.2 Å². The van der Waals surface area contributed by atoms with E-state index in [1.807, 2.05) is 60.0 Å². The van der Waals surface area contributed by atoms with Gasteiger partial charge >= 0.3 is 5.91 Å². The Morgan fingerprint density at radius 1 is 1.05 bits per heavy atom. The summed E-state index contributed by atoms with van der Waals surface area (Å²) in [6.45, 7) is 2.77. The average Bonchev–Trinajstić information content (AvgIpc) is 3.33. The number of imidazole rings is 1. The van der Waals surface area contributed by atoms with Gasteiger partial charge in [0.2, 0.25) is 5.95 Å². The molecule has 2 heterocycles. The molecule has 0 atom stereocenters. The number of aliphatic hydroxyl groups is 1. The Balaban J connectivity index is 1.35. The quantitative estimate of drug-likeness (QED) is 0.295. The minimum atomic E-state index is -0.392. The van der Waals surface area contributed by atoms with E-state index in [9.17, 15) is 9.90 Å². The molecule has 1 saturated carbocycles. The predicted molar refractivity (Wildman–Crippen MR) is 145 cm³/mol. The zero-order valence-corrected chi connectivity index (χ0v) is 20.6. The molecule has 0 saturated heterocycles. The average molecular weight is 496 g/mol. The minimum Gasteiger partial charge on any atom is -0.393 e. The molecule has 2 aromatic heterocycles. The van der Waals surface area contributed by atoms with Gasteiger partial charge in [-0.2, -0.15) is 9.97 Å². The molecule has 37 heavy (non-hydrogen) atoms. The molecule has 9 nitrogen and oxygen atoms in total. The van der Waals surface area contributed by atoms with Crippen molar-refractivity contribution in [3.8, 4) is 11.8 Å². The molecular weight excluding hydrogens is 466 g/mol. The highest BCUT2D eigenvalue weighted by Gasteiger charge is 2.21. The summed E-state index contributed by atoms with van der Waals surface area (Å²) in [6, 6.07) is 17.0. The summed E-state index contributed by atoms with van der Waals surface area (Å²) < 4.78 is 1.97. The molecule has 0 aliphatic heterocycles. The monoisotopic (exact) mass is 495 g/mol. The molecule has 4 aromatic rings. The molecule has 1 amide bonds. The summed E-state index contributed by atoms with van der Waals surface area (Å²) in [6.07, 6.45) is 4.81. The fourth-order valence-electron chi connectivity index (χ4n) is 4.35. The van der Waals surface area contributed by atoms with Crippen LogP contribution < -0.4 is 16.0 Å². The summed E-state index contributed by atoms with van der Waals surface area (Å²) in [4.78, 5) is 26.3. The van der Waals surface area contributed by atoms with E-state index in [0.29, 0.717) is 23.0 Å². The number of aryl methyl sites for hydroxylation is 1. The molecule has 4 N–H and O–H groups in total. The summed E-state index contributed by atoms with van der Waals surface area (Å²) in [5.41, 5.74) is 3.53. The molecule has 0 unspecified atom stereocenters. The topological polar surface area (TPSA) is 117 Å². The smallest absolute Gasteiger partial charge is 0.300 e. The first-order chi connectivity index (χ1) is 18.1.